The number of Topliss-reactive ketones (excluding diaryl/α,β-unsaturated/α-hetero) is 1. The minimum absolute atomic E-state index is 0.0272. The normalized spacial score (nSPS) is 18.2. The number of oxazole rings is 1. The minimum atomic E-state index is -0.497. The molecule has 1 unspecified atom stereocenters. The molecule has 1 aliphatic rings. The molecular formula is C25H31FN4O5. The van der Waals surface area contributed by atoms with Crippen LogP contribution < -0.4 is 15.2 Å². The fraction of sp³-hybridized carbons (Fsp3) is 0.480. The third-order valence-corrected chi connectivity index (χ3v) is 6.25. The first-order valence-corrected chi connectivity index (χ1v) is 11.8. The van der Waals surface area contributed by atoms with E-state index in [1.54, 1.807) is 25.4 Å². The van der Waals surface area contributed by atoms with Gasteiger partial charge in [0.15, 0.2) is 11.6 Å². The van der Waals surface area contributed by atoms with Crippen LogP contribution in [0.3, 0.4) is 0 Å². The molecule has 0 spiro atoms. The van der Waals surface area contributed by atoms with E-state index < -0.39 is 5.82 Å². The molecule has 188 valence electrons. The average molecular weight is 487 g/mol. The van der Waals surface area contributed by atoms with Gasteiger partial charge in [0.1, 0.15) is 23.9 Å². The Kier molecular flexibility index (Phi) is 8.14. The van der Waals surface area contributed by atoms with Crippen LogP contribution in [0.2, 0.25) is 0 Å². The van der Waals surface area contributed by atoms with Gasteiger partial charge in [-0.15, -0.1) is 0 Å². The van der Waals surface area contributed by atoms with E-state index in [-0.39, 0.29) is 35.7 Å². The van der Waals surface area contributed by atoms with Crippen LogP contribution in [-0.2, 0) is 4.74 Å². The Labute approximate surface area is 203 Å². The molecule has 4 rings (SSSR count). The molecule has 1 aliphatic carbocycles. The first-order chi connectivity index (χ1) is 17.0. The summed E-state index contributed by atoms with van der Waals surface area (Å²) >= 11 is 0. The van der Waals surface area contributed by atoms with Crippen molar-refractivity contribution in [1.82, 2.24) is 15.0 Å². The van der Waals surface area contributed by atoms with E-state index in [1.165, 1.54) is 19.6 Å². The maximum atomic E-state index is 15.0. The number of aromatic amines is 1. The van der Waals surface area contributed by atoms with Crippen LogP contribution in [-0.4, -0.2) is 47.2 Å². The van der Waals surface area contributed by atoms with Crippen molar-refractivity contribution < 1.29 is 27.8 Å². The molecule has 9 nitrogen and oxygen atoms in total. The lowest BCUT2D eigenvalue weighted by atomic mass is 9.92. The number of hydrogen-bond acceptors (Lipinski definition) is 8. The Morgan fingerprint density at radius 1 is 1.23 bits per heavy atom. The number of ether oxygens (including phenoxy) is 3. The fourth-order valence-electron chi connectivity index (χ4n) is 4.08. The van der Waals surface area contributed by atoms with Crippen molar-refractivity contribution in [1.29, 1.82) is 0 Å². The van der Waals surface area contributed by atoms with Gasteiger partial charge in [0.25, 0.3) is 5.89 Å². The first kappa shape index (κ1) is 24.9. The molecule has 0 bridgehead atoms. The van der Waals surface area contributed by atoms with Gasteiger partial charge in [-0.25, -0.2) is 14.4 Å². The number of unbranched alkanes of at least 4 members (excludes halogenated alkanes) is 2. The molecule has 0 saturated heterocycles. The highest BCUT2D eigenvalue weighted by atomic mass is 19.1. The van der Waals surface area contributed by atoms with Gasteiger partial charge < -0.3 is 29.3 Å². The van der Waals surface area contributed by atoms with Gasteiger partial charge in [-0.1, -0.05) is 12.8 Å². The number of methoxy groups -OCH3 is 2. The van der Waals surface area contributed by atoms with Gasteiger partial charge in [0.2, 0.25) is 5.78 Å². The van der Waals surface area contributed by atoms with Crippen LogP contribution in [0.15, 0.2) is 35.2 Å². The number of ketones is 1. The summed E-state index contributed by atoms with van der Waals surface area (Å²) in [7, 11) is 3.10. The number of benzene rings is 1. The van der Waals surface area contributed by atoms with Crippen molar-refractivity contribution in [3.63, 3.8) is 0 Å². The van der Waals surface area contributed by atoms with Crippen molar-refractivity contribution in [3.8, 4) is 22.8 Å². The average Bonchev–Trinajstić information content (AvgIpc) is 3.54. The summed E-state index contributed by atoms with van der Waals surface area (Å²) in [5.41, 5.74) is 7.11. The number of nitrogens with one attached hydrogen (secondary N) is 1. The molecule has 35 heavy (non-hydrogen) atoms. The first-order valence-electron chi connectivity index (χ1n) is 11.8. The summed E-state index contributed by atoms with van der Waals surface area (Å²) in [5, 5.41) is 0. The fourth-order valence-corrected chi connectivity index (χ4v) is 4.08. The Hall–Kier alpha value is -3.24. The van der Waals surface area contributed by atoms with Crippen molar-refractivity contribution in [3.05, 3.63) is 48.3 Å². The number of carbonyl (C=O) groups excluding carboxylic acids is 1. The van der Waals surface area contributed by atoms with E-state index in [9.17, 15) is 4.79 Å². The maximum absolute atomic E-state index is 15.0. The van der Waals surface area contributed by atoms with Crippen molar-refractivity contribution in [2.24, 2.45) is 5.73 Å². The summed E-state index contributed by atoms with van der Waals surface area (Å²) in [6.45, 7) is 0. The Bertz CT molecular complexity index is 1110. The lowest BCUT2D eigenvalue weighted by Crippen LogP contribution is -2.38. The maximum Gasteiger partial charge on any atom is 0.263 e. The third-order valence-electron chi connectivity index (χ3n) is 6.25. The van der Waals surface area contributed by atoms with Crippen molar-refractivity contribution in [2.45, 2.75) is 63.2 Å². The van der Waals surface area contributed by atoms with Gasteiger partial charge in [-0.2, -0.15) is 0 Å². The van der Waals surface area contributed by atoms with E-state index in [0.29, 0.717) is 35.7 Å². The molecule has 3 N–H and O–H groups in total. The quantitative estimate of drug-likeness (QED) is 0.265. The van der Waals surface area contributed by atoms with Gasteiger partial charge in [-0.05, 0) is 18.9 Å². The van der Waals surface area contributed by atoms with Crippen LogP contribution in [0.5, 0.6) is 11.5 Å². The summed E-state index contributed by atoms with van der Waals surface area (Å²) in [4.78, 5) is 23.3. The highest BCUT2D eigenvalue weighted by Crippen LogP contribution is 2.36. The van der Waals surface area contributed by atoms with E-state index in [0.717, 1.165) is 32.1 Å². The molecule has 1 aromatic carbocycles. The van der Waals surface area contributed by atoms with Crippen LogP contribution in [0.25, 0.3) is 11.3 Å². The number of nitrogens with two attached hydrogens (primary N) is 1. The number of aromatic nitrogens is 3. The van der Waals surface area contributed by atoms with E-state index >= 15 is 4.39 Å². The molecule has 3 aromatic rings. The second kappa shape index (κ2) is 11.5. The van der Waals surface area contributed by atoms with Crippen molar-refractivity contribution >= 4 is 5.78 Å². The Balaban J connectivity index is 1.32. The Morgan fingerprint density at radius 3 is 2.77 bits per heavy atom. The number of halogens is 1. The molecule has 0 radical (unpaired) electrons. The van der Waals surface area contributed by atoms with Gasteiger partial charge in [0.05, 0.1) is 37.3 Å². The number of hydrogen-bond donors (Lipinski definition) is 2. The SMILES string of the molecule is COc1cc(OC2CC(OC)C2)cc(-c2cnc(C(N)CCCCCC(=O)c3ncco3)[nH]2)c1F. The standard InChI is InChI=1S/C25H31FN4O5/c1-32-15-10-16(11-15)35-17-12-18(23(26)22(13-17)33-2)20-14-29-24(30-20)19(27)6-4-3-5-7-21(31)25-28-8-9-34-25/h8-9,12-16,19H,3-7,10-11,27H2,1-2H3,(H,29,30). The predicted molar refractivity (Wildman–Crippen MR) is 126 cm³/mol. The topological polar surface area (TPSA) is 125 Å². The number of carbonyl (C=O) groups is 1. The van der Waals surface area contributed by atoms with Crippen molar-refractivity contribution in [2.75, 3.05) is 14.2 Å². The molecule has 1 atom stereocenters. The zero-order valence-corrected chi connectivity index (χ0v) is 20.0. The van der Waals surface area contributed by atoms with Crippen LogP contribution in [0.4, 0.5) is 4.39 Å². The third kappa shape index (κ3) is 6.07. The van der Waals surface area contributed by atoms with Crippen LogP contribution >= 0.6 is 0 Å². The summed E-state index contributed by atoms with van der Waals surface area (Å²) in [6, 6.07) is 2.86. The van der Waals surface area contributed by atoms with E-state index in [1.807, 2.05) is 0 Å². The smallest absolute Gasteiger partial charge is 0.263 e. The molecule has 2 aromatic heterocycles. The molecule has 1 saturated carbocycles. The molecule has 0 amide bonds. The second-order valence-corrected chi connectivity index (χ2v) is 8.70. The molecule has 10 heteroatoms. The van der Waals surface area contributed by atoms with E-state index in [4.69, 9.17) is 24.4 Å². The minimum Gasteiger partial charge on any atom is -0.494 e. The lowest BCUT2D eigenvalue weighted by molar-refractivity contribution is -0.0381. The summed E-state index contributed by atoms with van der Waals surface area (Å²) < 4.78 is 36.6. The predicted octanol–water partition coefficient (Wildman–Crippen LogP) is 4.60. The lowest BCUT2D eigenvalue weighted by Gasteiger charge is -2.34. The number of rotatable bonds is 13. The molecular weight excluding hydrogens is 455 g/mol. The number of H-pyrrole nitrogens is 1. The second-order valence-electron chi connectivity index (χ2n) is 8.70. The van der Waals surface area contributed by atoms with Gasteiger partial charge in [0, 0.05) is 38.0 Å². The van der Waals surface area contributed by atoms with Crippen LogP contribution in [0, 0.1) is 5.82 Å². The van der Waals surface area contributed by atoms with Gasteiger partial charge >= 0.3 is 0 Å². The summed E-state index contributed by atoms with van der Waals surface area (Å²) in [6.07, 6.45) is 9.68. The zero-order chi connectivity index (χ0) is 24.8. The largest absolute Gasteiger partial charge is 0.494 e. The zero-order valence-electron chi connectivity index (χ0n) is 20.0. The highest BCUT2D eigenvalue weighted by molar-refractivity contribution is 5.91. The number of nitrogens with zero attached hydrogens (tertiary/aromatic N) is 2. The number of imidazole rings is 1. The molecule has 1 fully saturated rings. The Morgan fingerprint density at radius 2 is 2.06 bits per heavy atom. The van der Waals surface area contributed by atoms with Crippen LogP contribution in [0.1, 0.15) is 67.5 Å². The summed E-state index contributed by atoms with van der Waals surface area (Å²) in [5.74, 6) is 0.743. The monoisotopic (exact) mass is 486 g/mol. The molecule has 0 aliphatic heterocycles. The molecule has 2 heterocycles. The van der Waals surface area contributed by atoms with Gasteiger partial charge in [-0.3, -0.25) is 4.79 Å². The van der Waals surface area contributed by atoms with E-state index in [2.05, 4.69) is 15.0 Å². The highest BCUT2D eigenvalue weighted by Gasteiger charge is 2.31.